The zero-order valence-corrected chi connectivity index (χ0v) is 86.9. The van der Waals surface area contributed by atoms with E-state index in [-0.39, 0.29) is 71.6 Å². The van der Waals surface area contributed by atoms with E-state index in [9.17, 15) is 54.7 Å². The van der Waals surface area contributed by atoms with Crippen molar-refractivity contribution in [1.29, 1.82) is 21.0 Å². The second-order valence-corrected chi connectivity index (χ2v) is 48.4. The van der Waals surface area contributed by atoms with Crippen LogP contribution in [0.2, 0.25) is 0 Å². The minimum Gasteiger partial charge on any atom is -0.490 e. The predicted molar refractivity (Wildman–Crippen MR) is 558 cm³/mol. The van der Waals surface area contributed by atoms with Crippen LogP contribution in [0.1, 0.15) is 224 Å². The first-order valence-electron chi connectivity index (χ1n) is 47.9. The van der Waals surface area contributed by atoms with Crippen molar-refractivity contribution >= 4 is 85.4 Å². The highest BCUT2D eigenvalue weighted by Gasteiger charge is 2.36. The lowest BCUT2D eigenvalue weighted by molar-refractivity contribution is 0.193. The number of aromatic nitrogens is 4. The van der Waals surface area contributed by atoms with Gasteiger partial charge in [-0.3, -0.25) is 0 Å². The van der Waals surface area contributed by atoms with Gasteiger partial charge in [0.2, 0.25) is 40.1 Å². The van der Waals surface area contributed by atoms with E-state index in [4.69, 9.17) is 18.9 Å². The summed E-state index contributed by atoms with van der Waals surface area (Å²) in [5, 5.41) is 41.6. The standard InChI is InChI=1S/2C27H30N4O3S2.2C26H29N3O3S2/c2*1-18(2)34-25-10-7-19(15-20(25)16-28)27-29-17-26(35-27)23-6-3-5-22-21(23)8-9-24(22)30-36(32,33)14-13-31-11-4-12-31;2*1-4-5-13-34(30,31)29-23-11-10-20-21(23)7-6-8-22(20)25-16-28-26(33-25)18-9-12-24(32-17(2)3)19(14-18)15-27/h2*3,5-7,10,15,17-18,24,30H,4,8-9,11-14H2,1-2H3;2*6-9,12,14,16-17,23,29H,4-5,10-11,13H2,1-3H3/t2*24-;2*23-/m1010/s1. The summed E-state index contributed by atoms with van der Waals surface area (Å²) in [6.45, 7) is 24.6. The smallest absolute Gasteiger partial charge is 0.213 e. The number of hydrogen-bond acceptors (Lipinski definition) is 26. The number of rotatable bonds is 36. The van der Waals surface area contributed by atoms with E-state index in [0.29, 0.717) is 71.2 Å². The van der Waals surface area contributed by atoms with Gasteiger partial charge < -0.3 is 28.7 Å². The molecule has 2 saturated heterocycles. The average molecular weight is 2040 g/mol. The van der Waals surface area contributed by atoms with Crippen molar-refractivity contribution in [2.24, 2.45) is 0 Å². The zero-order chi connectivity index (χ0) is 99.2. The summed E-state index contributed by atoms with van der Waals surface area (Å²) >= 11 is 6.29. The lowest BCUT2D eigenvalue weighted by atomic mass is 10.0. The highest BCUT2D eigenvalue weighted by molar-refractivity contribution is 7.90. The molecule has 34 heteroatoms. The van der Waals surface area contributed by atoms with Crippen molar-refractivity contribution in [3.05, 3.63) is 237 Å². The maximum Gasteiger partial charge on any atom is 0.213 e. The normalized spacial score (nSPS) is 16.5. The average Bonchev–Trinajstić information content (AvgIpc) is 1.64. The summed E-state index contributed by atoms with van der Waals surface area (Å²) in [7, 11) is -13.3. The Labute approximate surface area is 839 Å². The predicted octanol–water partition coefficient (Wildman–Crippen LogP) is 21.2. The summed E-state index contributed by atoms with van der Waals surface area (Å²) in [4.78, 5) is 27.0. The Morgan fingerprint density at radius 1 is 0.350 bits per heavy atom. The Morgan fingerprint density at radius 2 is 0.586 bits per heavy atom. The Bertz CT molecular complexity index is 6720. The topological polar surface area (TPSA) is 375 Å². The van der Waals surface area contributed by atoms with Crippen LogP contribution in [0, 0.1) is 45.3 Å². The molecule has 2 fully saturated rings. The summed E-state index contributed by atoms with van der Waals surface area (Å²) in [5.41, 5.74) is 18.8. The molecule has 12 aromatic rings. The number of nitrogens with zero attached hydrogens (tertiary/aromatic N) is 10. The molecule has 0 bridgehead atoms. The van der Waals surface area contributed by atoms with Crippen LogP contribution in [-0.4, -0.2) is 150 Å². The number of nitrogens with one attached hydrogen (secondary N) is 4. The highest BCUT2D eigenvalue weighted by Crippen LogP contribution is 2.48. The number of sulfonamides is 4. The van der Waals surface area contributed by atoms with Crippen molar-refractivity contribution < 1.29 is 52.6 Å². The van der Waals surface area contributed by atoms with Crippen molar-refractivity contribution in [2.75, 3.05) is 62.3 Å². The first kappa shape index (κ1) is 103. The van der Waals surface area contributed by atoms with E-state index < -0.39 is 40.1 Å². The second-order valence-electron chi connectivity index (χ2n) is 36.8. The second kappa shape index (κ2) is 46.4. The fraction of sp³-hybridized carbons (Fsp3) is 0.396. The summed E-state index contributed by atoms with van der Waals surface area (Å²) in [6.07, 6.45) is 19.0. The van der Waals surface area contributed by atoms with Crippen LogP contribution in [0.4, 0.5) is 0 Å². The third-order valence-electron chi connectivity index (χ3n) is 25.1. The SMILES string of the molecule is CC(C)Oc1ccc(-c2ncc(-c3cccc4c3CC[C@@H]4NS(=O)(=O)CCN3CCC3)s2)cc1C#N.CC(C)Oc1ccc(-c2ncc(-c3cccc4c3CC[C@H]4NS(=O)(=O)CCN3CCC3)s2)cc1C#N.CCCCS(=O)(=O)N[C@@H]1CCc2c(-c3cnc(-c4ccc(OC(C)C)c(C#N)c4)s3)cccc21.CCCCS(=O)(=O)N[C@H]1CCc2c(-c3cnc(-c4ccc(OC(C)C)c(C#N)c4)s3)cccc21. The quantitative estimate of drug-likeness (QED) is 0.0283. The van der Waals surface area contributed by atoms with Gasteiger partial charge in [-0.2, -0.15) is 21.0 Å². The maximum absolute atomic E-state index is 12.7. The summed E-state index contributed by atoms with van der Waals surface area (Å²) < 4.78 is 135. The van der Waals surface area contributed by atoms with E-state index in [1.807, 2.05) is 215 Å². The molecule has 732 valence electrons. The third-order valence-corrected chi connectivity index (χ3v) is 35.1. The Hall–Kier alpha value is -11.0. The molecule has 0 saturated carbocycles. The molecule has 26 nitrogen and oxygen atoms in total. The minimum absolute atomic E-state index is 0.00969. The van der Waals surface area contributed by atoms with E-state index in [0.717, 1.165) is 210 Å². The zero-order valence-electron chi connectivity index (χ0n) is 80.4. The van der Waals surface area contributed by atoms with E-state index in [2.05, 4.69) is 97.2 Å². The van der Waals surface area contributed by atoms with Crippen LogP contribution in [0.3, 0.4) is 0 Å². The first-order chi connectivity index (χ1) is 67.3. The largest absolute Gasteiger partial charge is 0.490 e. The minimum atomic E-state index is -3.34. The molecule has 18 rings (SSSR count). The van der Waals surface area contributed by atoms with E-state index in [1.54, 1.807) is 45.3 Å². The van der Waals surface area contributed by atoms with Gasteiger partial charge in [0.25, 0.3) is 0 Å². The molecule has 2 aliphatic heterocycles. The molecule has 0 unspecified atom stereocenters. The van der Waals surface area contributed by atoms with Gasteiger partial charge in [-0.1, -0.05) is 99.5 Å². The maximum atomic E-state index is 12.7. The number of benzene rings is 8. The van der Waals surface area contributed by atoms with Crippen LogP contribution in [0.25, 0.3) is 84.0 Å². The first-order valence-corrected chi connectivity index (χ1v) is 57.8. The number of nitriles is 4. The molecule has 6 heterocycles. The molecule has 4 aromatic heterocycles. The number of ether oxygens (including phenoxy) is 4. The van der Waals surface area contributed by atoms with Gasteiger partial charge in [-0.15, -0.1) is 45.3 Å². The number of fused-ring (bicyclic) bond motifs is 4. The fourth-order valence-corrected chi connectivity index (χ4v) is 27.4. The number of thiazole rings is 4. The van der Waals surface area contributed by atoms with Gasteiger partial charge in [0, 0.05) is 84.3 Å². The number of likely N-dealkylation sites (tertiary alicyclic amines) is 2. The summed E-state index contributed by atoms with van der Waals surface area (Å²) in [6, 6.07) is 54.8. The lowest BCUT2D eigenvalue weighted by Gasteiger charge is -2.30. The molecule has 4 N–H and O–H groups in total. The summed E-state index contributed by atoms with van der Waals surface area (Å²) in [5.74, 6) is 2.92. The molecule has 0 amide bonds. The van der Waals surface area contributed by atoms with Crippen LogP contribution >= 0.6 is 45.3 Å². The van der Waals surface area contributed by atoms with E-state index in [1.165, 1.54) is 22.3 Å². The molecule has 6 aliphatic rings. The monoisotopic (exact) mass is 2030 g/mol. The Kier molecular flexibility index (Phi) is 34.2. The van der Waals surface area contributed by atoms with Crippen LogP contribution in [0.5, 0.6) is 23.0 Å². The Balaban J connectivity index is 0.000000141. The van der Waals surface area contributed by atoms with Gasteiger partial charge in [0.05, 0.1) is 89.2 Å². The molecule has 0 spiro atoms. The van der Waals surface area contributed by atoms with Gasteiger partial charge in [0.1, 0.15) is 67.3 Å². The van der Waals surface area contributed by atoms with Crippen molar-refractivity contribution in [3.8, 4) is 131 Å². The fourth-order valence-electron chi connectivity index (χ4n) is 18.1. The number of hydrogen-bond donors (Lipinski definition) is 4. The molecular weight excluding hydrogens is 1920 g/mol. The molecule has 4 aliphatic carbocycles. The third kappa shape index (κ3) is 25.9. The molecule has 0 radical (unpaired) electrons. The van der Waals surface area contributed by atoms with Crippen LogP contribution in [0.15, 0.2) is 170 Å². The van der Waals surface area contributed by atoms with Crippen molar-refractivity contribution in [3.63, 3.8) is 0 Å². The molecule has 140 heavy (non-hydrogen) atoms. The molecular formula is C106H118N14O12S8. The van der Waals surface area contributed by atoms with Crippen LogP contribution in [-0.2, 0) is 65.8 Å². The number of unbranched alkanes of at least 4 members (excludes halogenated alkanes) is 2. The van der Waals surface area contributed by atoms with Gasteiger partial charge >= 0.3 is 0 Å². The van der Waals surface area contributed by atoms with Gasteiger partial charge in [0.15, 0.2) is 0 Å². The van der Waals surface area contributed by atoms with Crippen LogP contribution < -0.4 is 37.8 Å². The molecule has 4 atom stereocenters. The molecule has 8 aromatic carbocycles. The van der Waals surface area contributed by atoms with E-state index >= 15 is 0 Å². The van der Waals surface area contributed by atoms with Gasteiger partial charge in [-0.05, 0) is 298 Å². The van der Waals surface area contributed by atoms with Crippen molar-refractivity contribution in [2.45, 2.75) is 208 Å². The lowest BCUT2D eigenvalue weighted by Crippen LogP contribution is -2.42. The Morgan fingerprint density at radius 3 is 0.793 bits per heavy atom. The van der Waals surface area contributed by atoms with Crippen molar-refractivity contribution in [1.82, 2.24) is 48.6 Å². The van der Waals surface area contributed by atoms with Gasteiger partial charge in [-0.25, -0.2) is 72.5 Å². The highest BCUT2D eigenvalue weighted by atomic mass is 32.2.